The van der Waals surface area contributed by atoms with Gasteiger partial charge in [-0.1, -0.05) is 81.2 Å². The minimum absolute atomic E-state index is 0.232. The van der Waals surface area contributed by atoms with Gasteiger partial charge in [-0.3, -0.25) is 0 Å². The van der Waals surface area contributed by atoms with E-state index in [0.29, 0.717) is 52.4 Å². The van der Waals surface area contributed by atoms with Crippen molar-refractivity contribution in [1.29, 1.82) is 0 Å². The predicted octanol–water partition coefficient (Wildman–Crippen LogP) is 8.99. The highest BCUT2D eigenvalue weighted by Crippen LogP contribution is 2.43. The first-order chi connectivity index (χ1) is 11.8. The van der Waals surface area contributed by atoms with Gasteiger partial charge in [0.1, 0.15) is 5.15 Å². The molecule has 0 aliphatic carbocycles. The van der Waals surface area contributed by atoms with Crippen LogP contribution in [0.15, 0.2) is 36.5 Å². The minimum atomic E-state index is 0.232. The van der Waals surface area contributed by atoms with Gasteiger partial charge in [0.05, 0.1) is 20.1 Å². The van der Waals surface area contributed by atoms with Crippen molar-refractivity contribution in [3.63, 3.8) is 0 Å². The maximum absolute atomic E-state index is 6.30. The summed E-state index contributed by atoms with van der Waals surface area (Å²) >= 11 is 43.4. The van der Waals surface area contributed by atoms with Crippen LogP contribution in [0.25, 0.3) is 22.3 Å². The number of aromatic nitrogens is 1. The SMILES string of the molecule is Clc1cc(Cl)c(-c2cnc(Cl)c(-c3c(Cl)cc(Cl)cc3Cl)c2)c(Cl)c1. The van der Waals surface area contributed by atoms with Crippen LogP contribution in [0.5, 0.6) is 0 Å². The maximum atomic E-state index is 6.30. The van der Waals surface area contributed by atoms with Crippen molar-refractivity contribution >= 4 is 81.2 Å². The Bertz CT molecular complexity index is 939. The van der Waals surface area contributed by atoms with Gasteiger partial charge >= 0.3 is 0 Å². The number of hydrogen-bond acceptors (Lipinski definition) is 1. The average Bonchev–Trinajstić information content (AvgIpc) is 2.48. The highest BCUT2D eigenvalue weighted by Gasteiger charge is 2.17. The van der Waals surface area contributed by atoms with E-state index in [1.165, 1.54) is 0 Å². The quantitative estimate of drug-likeness (QED) is 0.339. The van der Waals surface area contributed by atoms with E-state index in [1.807, 2.05) is 0 Å². The van der Waals surface area contributed by atoms with Gasteiger partial charge in [0, 0.05) is 38.5 Å². The maximum Gasteiger partial charge on any atom is 0.136 e. The lowest BCUT2D eigenvalue weighted by Crippen LogP contribution is -1.90. The molecule has 128 valence electrons. The molecule has 0 atom stereocenters. The van der Waals surface area contributed by atoms with Crippen molar-refractivity contribution in [2.75, 3.05) is 0 Å². The van der Waals surface area contributed by atoms with Gasteiger partial charge < -0.3 is 0 Å². The Kier molecular flexibility index (Phi) is 5.97. The molecule has 0 saturated heterocycles. The Hall–Kier alpha value is -0.380. The highest BCUT2D eigenvalue weighted by atomic mass is 35.5. The molecule has 0 bridgehead atoms. The standard InChI is InChI=1S/C17H6Cl7N/c18-8-2-11(20)15(12(21)3-8)7-1-10(17(24)25-6-7)16-13(22)4-9(19)5-14(16)23/h1-6H. The van der Waals surface area contributed by atoms with Gasteiger partial charge in [-0.25, -0.2) is 4.98 Å². The number of rotatable bonds is 2. The third-order valence-corrected chi connectivity index (χ3v) is 5.34. The van der Waals surface area contributed by atoms with Gasteiger partial charge in [0.25, 0.3) is 0 Å². The highest BCUT2D eigenvalue weighted by molar-refractivity contribution is 6.43. The van der Waals surface area contributed by atoms with Crippen molar-refractivity contribution in [3.8, 4) is 22.3 Å². The second-order valence-corrected chi connectivity index (χ2v) is 7.91. The molecule has 0 unspecified atom stereocenters. The van der Waals surface area contributed by atoms with Crippen LogP contribution in [-0.4, -0.2) is 4.98 Å². The first-order valence-electron chi connectivity index (χ1n) is 6.73. The van der Waals surface area contributed by atoms with Crippen LogP contribution in [0.1, 0.15) is 0 Å². The molecule has 0 aliphatic heterocycles. The van der Waals surface area contributed by atoms with Gasteiger partial charge in [-0.2, -0.15) is 0 Å². The zero-order valence-corrected chi connectivity index (χ0v) is 17.3. The molecule has 1 nitrogen and oxygen atoms in total. The van der Waals surface area contributed by atoms with E-state index in [0.717, 1.165) is 0 Å². The van der Waals surface area contributed by atoms with Crippen LogP contribution in [-0.2, 0) is 0 Å². The van der Waals surface area contributed by atoms with Crippen molar-refractivity contribution in [1.82, 2.24) is 4.98 Å². The molecule has 8 heteroatoms. The van der Waals surface area contributed by atoms with Crippen LogP contribution < -0.4 is 0 Å². The van der Waals surface area contributed by atoms with Crippen LogP contribution in [0.2, 0.25) is 35.3 Å². The minimum Gasteiger partial charge on any atom is -0.243 e. The third-order valence-electron chi connectivity index (χ3n) is 3.41. The zero-order chi connectivity index (χ0) is 18.3. The Morgan fingerprint density at radius 3 is 1.48 bits per heavy atom. The summed E-state index contributed by atoms with van der Waals surface area (Å²) in [5.74, 6) is 0. The van der Waals surface area contributed by atoms with E-state index in [-0.39, 0.29) is 5.15 Å². The normalized spacial score (nSPS) is 11.0. The summed E-state index contributed by atoms with van der Waals surface area (Å²) in [7, 11) is 0. The van der Waals surface area contributed by atoms with E-state index < -0.39 is 0 Å². The fourth-order valence-corrected chi connectivity index (χ4v) is 4.63. The lowest BCUT2D eigenvalue weighted by atomic mass is 10.0. The van der Waals surface area contributed by atoms with E-state index >= 15 is 0 Å². The van der Waals surface area contributed by atoms with Gasteiger partial charge in [-0.15, -0.1) is 0 Å². The second kappa shape index (κ2) is 7.70. The topological polar surface area (TPSA) is 12.9 Å². The van der Waals surface area contributed by atoms with Crippen LogP contribution in [0.3, 0.4) is 0 Å². The summed E-state index contributed by atoms with van der Waals surface area (Å²) in [6.07, 6.45) is 1.56. The van der Waals surface area contributed by atoms with Crippen molar-refractivity contribution in [3.05, 3.63) is 71.8 Å². The first-order valence-corrected chi connectivity index (χ1v) is 9.38. The molecule has 25 heavy (non-hydrogen) atoms. The van der Waals surface area contributed by atoms with E-state index in [9.17, 15) is 0 Å². The van der Waals surface area contributed by atoms with Crippen LogP contribution in [0, 0.1) is 0 Å². The van der Waals surface area contributed by atoms with Crippen molar-refractivity contribution in [2.24, 2.45) is 0 Å². The van der Waals surface area contributed by atoms with Crippen LogP contribution in [0.4, 0.5) is 0 Å². The summed E-state index contributed by atoms with van der Waals surface area (Å²) in [5.41, 5.74) is 2.29. The van der Waals surface area contributed by atoms with E-state index in [4.69, 9.17) is 81.2 Å². The average molecular weight is 472 g/mol. The van der Waals surface area contributed by atoms with E-state index in [1.54, 1.807) is 36.5 Å². The molecular weight excluding hydrogens is 466 g/mol. The van der Waals surface area contributed by atoms with Gasteiger partial charge in [-0.05, 0) is 30.3 Å². The molecule has 1 aromatic heterocycles. The Morgan fingerprint density at radius 2 is 1.00 bits per heavy atom. The smallest absolute Gasteiger partial charge is 0.136 e. The monoisotopic (exact) mass is 469 g/mol. The first kappa shape index (κ1) is 19.4. The van der Waals surface area contributed by atoms with Gasteiger partial charge in [0.2, 0.25) is 0 Å². The number of halogens is 7. The van der Waals surface area contributed by atoms with Crippen LogP contribution >= 0.6 is 81.2 Å². The molecule has 3 aromatic rings. The molecular formula is C17H6Cl7N. The molecule has 1 heterocycles. The summed E-state index contributed by atoms with van der Waals surface area (Å²) < 4.78 is 0. The fraction of sp³-hybridized carbons (Fsp3) is 0. The molecule has 0 aliphatic rings. The predicted molar refractivity (Wildman–Crippen MR) is 110 cm³/mol. The van der Waals surface area contributed by atoms with Crippen molar-refractivity contribution < 1.29 is 0 Å². The fourth-order valence-electron chi connectivity index (χ4n) is 2.38. The number of hydrogen-bond donors (Lipinski definition) is 0. The number of benzene rings is 2. The summed E-state index contributed by atoms with van der Waals surface area (Å²) in [5, 5.41) is 2.57. The number of pyridine rings is 1. The second-order valence-electron chi connectivity index (χ2n) is 5.05. The van der Waals surface area contributed by atoms with Gasteiger partial charge in [0.15, 0.2) is 0 Å². The Morgan fingerprint density at radius 1 is 0.560 bits per heavy atom. The molecule has 2 aromatic carbocycles. The Balaban J connectivity index is 2.25. The van der Waals surface area contributed by atoms with E-state index in [2.05, 4.69) is 4.98 Å². The molecule has 0 saturated carbocycles. The summed E-state index contributed by atoms with van der Waals surface area (Å²) in [6.45, 7) is 0. The lowest BCUT2D eigenvalue weighted by molar-refractivity contribution is 1.33. The lowest BCUT2D eigenvalue weighted by Gasteiger charge is -2.13. The zero-order valence-electron chi connectivity index (χ0n) is 12.1. The van der Waals surface area contributed by atoms with Crippen molar-refractivity contribution in [2.45, 2.75) is 0 Å². The molecule has 0 radical (unpaired) electrons. The number of nitrogens with zero attached hydrogens (tertiary/aromatic N) is 1. The molecule has 0 spiro atoms. The molecule has 0 fully saturated rings. The molecule has 3 rings (SSSR count). The Labute approximate surface area is 179 Å². The summed E-state index contributed by atoms with van der Waals surface area (Å²) in [6, 6.07) is 8.12. The molecule has 0 amide bonds. The third kappa shape index (κ3) is 3.99. The summed E-state index contributed by atoms with van der Waals surface area (Å²) in [4.78, 5) is 4.21. The molecule has 0 N–H and O–H groups in total. The largest absolute Gasteiger partial charge is 0.243 e.